The molecule has 0 aliphatic carbocycles. The second-order valence-corrected chi connectivity index (χ2v) is 1.68. The van der Waals surface area contributed by atoms with Gasteiger partial charge in [-0.3, -0.25) is 0 Å². The zero-order chi connectivity index (χ0) is 5.54. The van der Waals surface area contributed by atoms with E-state index in [0.29, 0.717) is 0 Å². The zero-order valence-electron chi connectivity index (χ0n) is 5.28. The fraction of sp³-hybridized carbons (Fsp3) is 0.714. The predicted molar refractivity (Wildman–Crippen MR) is 33.8 cm³/mol. The lowest BCUT2D eigenvalue weighted by atomic mass is 10.2. The Labute approximate surface area is 46.9 Å². The second-order valence-electron chi connectivity index (χ2n) is 1.68. The smallest absolute Gasteiger partial charge is 0.0925 e. The Hall–Kier alpha value is 0. The van der Waals surface area contributed by atoms with Crippen molar-refractivity contribution in [2.45, 2.75) is 33.1 Å². The van der Waals surface area contributed by atoms with Crippen LogP contribution in [0.25, 0.3) is 0 Å². The van der Waals surface area contributed by atoms with Gasteiger partial charge >= 0.3 is 0 Å². The Kier molecular flexibility index (Phi) is 6.00. The Bertz CT molecular complexity index is 19.2. The third-order valence-electron chi connectivity index (χ3n) is 0.948. The Morgan fingerprint density at radius 1 is 1.29 bits per heavy atom. The summed E-state index contributed by atoms with van der Waals surface area (Å²) in [7, 11) is 0. The fourth-order valence-corrected chi connectivity index (χ4v) is 0.489. The van der Waals surface area contributed by atoms with Gasteiger partial charge in [-0.05, 0) is 0 Å². The molecule has 0 heterocycles. The first kappa shape index (κ1) is 7.00. The molecule has 0 amide bonds. The van der Waals surface area contributed by atoms with Crippen molar-refractivity contribution in [3.05, 3.63) is 12.8 Å². The van der Waals surface area contributed by atoms with E-state index in [1.807, 2.05) is 0 Å². The Morgan fingerprint density at radius 2 is 2.00 bits per heavy atom. The highest BCUT2D eigenvalue weighted by Crippen LogP contribution is 1.97. The first-order valence-electron chi connectivity index (χ1n) is 3.01. The van der Waals surface area contributed by atoms with Crippen LogP contribution >= 0.6 is 0 Å². The van der Waals surface area contributed by atoms with Crippen LogP contribution in [0.4, 0.5) is 0 Å². The molecule has 0 fully saturated rings. The van der Waals surface area contributed by atoms with Gasteiger partial charge in [-0.15, -0.1) is 0 Å². The normalized spacial score (nSPS) is 9.43. The van der Waals surface area contributed by atoms with E-state index in [4.69, 9.17) is 0 Å². The SMILES string of the molecule is C[CH-]CC[CH-]CC. The third kappa shape index (κ3) is 6.00. The standard InChI is InChI=1S/C7H14/c1-3-5-7-6-4-2/h3,6H,4-5,7H2,1-2H3/q-2. The van der Waals surface area contributed by atoms with Crippen LogP contribution < -0.4 is 0 Å². The van der Waals surface area contributed by atoms with Crippen LogP contribution in [0.5, 0.6) is 0 Å². The molecule has 44 valence electrons. The van der Waals surface area contributed by atoms with Gasteiger partial charge in [-0.1, -0.05) is 6.92 Å². The predicted octanol–water partition coefficient (Wildman–Crippen LogP) is 2.61. The summed E-state index contributed by atoms with van der Waals surface area (Å²) in [4.78, 5) is 0. The van der Waals surface area contributed by atoms with E-state index in [9.17, 15) is 0 Å². The first-order valence-corrected chi connectivity index (χ1v) is 3.01. The number of unbranched alkanes of at least 4 members (excludes halogenated alkanes) is 4. The van der Waals surface area contributed by atoms with Gasteiger partial charge in [0.2, 0.25) is 0 Å². The van der Waals surface area contributed by atoms with Crippen molar-refractivity contribution in [1.82, 2.24) is 0 Å². The minimum atomic E-state index is 1.22. The highest BCUT2D eigenvalue weighted by molar-refractivity contribution is 4.65. The largest absolute Gasteiger partial charge is 0.334 e. The third-order valence-corrected chi connectivity index (χ3v) is 0.948. The molecule has 0 bridgehead atoms. The molecule has 0 saturated carbocycles. The highest BCUT2D eigenvalue weighted by atomic mass is 13.9. The summed E-state index contributed by atoms with van der Waals surface area (Å²) in [6.07, 6.45) is 8.22. The molecule has 0 saturated heterocycles. The number of hydrogen-bond acceptors (Lipinski definition) is 0. The van der Waals surface area contributed by atoms with Gasteiger partial charge in [0.1, 0.15) is 0 Å². The summed E-state index contributed by atoms with van der Waals surface area (Å²) in [6.45, 7) is 4.28. The lowest BCUT2D eigenvalue weighted by Gasteiger charge is -2.09. The van der Waals surface area contributed by atoms with Crippen molar-refractivity contribution >= 4 is 0 Å². The summed E-state index contributed by atoms with van der Waals surface area (Å²) in [5.41, 5.74) is 0. The molecule has 0 unspecified atom stereocenters. The van der Waals surface area contributed by atoms with E-state index in [2.05, 4.69) is 26.7 Å². The summed E-state index contributed by atoms with van der Waals surface area (Å²) >= 11 is 0. The number of hydrogen-bond donors (Lipinski definition) is 0. The maximum absolute atomic E-state index is 2.31. The fourth-order valence-electron chi connectivity index (χ4n) is 0.489. The minimum Gasteiger partial charge on any atom is -0.334 e. The molecule has 0 heteroatoms. The summed E-state index contributed by atoms with van der Waals surface area (Å²) in [6, 6.07) is 0. The van der Waals surface area contributed by atoms with Gasteiger partial charge in [0.15, 0.2) is 0 Å². The topological polar surface area (TPSA) is 0 Å². The molecule has 0 aliphatic rings. The van der Waals surface area contributed by atoms with Crippen molar-refractivity contribution in [2.24, 2.45) is 0 Å². The van der Waals surface area contributed by atoms with Gasteiger partial charge < -0.3 is 12.8 Å². The second kappa shape index (κ2) is 6.00. The molecule has 0 aromatic rings. The average Bonchev–Trinajstić information content (AvgIpc) is 1.69. The maximum Gasteiger partial charge on any atom is -0.0925 e. The van der Waals surface area contributed by atoms with E-state index >= 15 is 0 Å². The molecule has 0 spiro atoms. The monoisotopic (exact) mass is 98.1 g/mol. The lowest BCUT2D eigenvalue weighted by molar-refractivity contribution is 0.864. The van der Waals surface area contributed by atoms with Crippen molar-refractivity contribution in [3.8, 4) is 0 Å². The van der Waals surface area contributed by atoms with Crippen LogP contribution in [0.2, 0.25) is 0 Å². The average molecular weight is 98.2 g/mol. The van der Waals surface area contributed by atoms with Gasteiger partial charge in [0.25, 0.3) is 0 Å². The number of rotatable bonds is 4. The summed E-state index contributed by atoms with van der Waals surface area (Å²) in [5, 5.41) is 0. The molecule has 0 nitrogen and oxygen atoms in total. The highest BCUT2D eigenvalue weighted by Gasteiger charge is 1.61. The molecule has 0 aromatic carbocycles. The van der Waals surface area contributed by atoms with Crippen molar-refractivity contribution < 1.29 is 0 Å². The first-order chi connectivity index (χ1) is 3.41. The Balaban J connectivity index is 2.45. The molecule has 0 aromatic heterocycles. The van der Waals surface area contributed by atoms with Crippen LogP contribution in [-0.2, 0) is 0 Å². The van der Waals surface area contributed by atoms with Crippen molar-refractivity contribution in [2.75, 3.05) is 0 Å². The van der Waals surface area contributed by atoms with E-state index in [-0.39, 0.29) is 0 Å². The maximum atomic E-state index is 2.31. The van der Waals surface area contributed by atoms with Crippen LogP contribution in [-0.4, -0.2) is 0 Å². The molecule has 0 aliphatic heterocycles. The van der Waals surface area contributed by atoms with Crippen LogP contribution in [0.1, 0.15) is 33.1 Å². The molecule has 0 N–H and O–H groups in total. The van der Waals surface area contributed by atoms with E-state index < -0.39 is 0 Å². The van der Waals surface area contributed by atoms with Crippen LogP contribution in [0, 0.1) is 12.8 Å². The van der Waals surface area contributed by atoms with E-state index in [0.717, 1.165) is 0 Å². The van der Waals surface area contributed by atoms with Gasteiger partial charge in [-0.25, -0.2) is 12.8 Å². The van der Waals surface area contributed by atoms with Crippen LogP contribution in [0.3, 0.4) is 0 Å². The zero-order valence-corrected chi connectivity index (χ0v) is 5.28. The lowest BCUT2D eigenvalue weighted by Crippen LogP contribution is -1.72. The van der Waals surface area contributed by atoms with Crippen LogP contribution in [0.15, 0.2) is 0 Å². The van der Waals surface area contributed by atoms with E-state index in [1.54, 1.807) is 0 Å². The molecule has 7 heavy (non-hydrogen) atoms. The summed E-state index contributed by atoms with van der Waals surface area (Å²) in [5.74, 6) is 0. The van der Waals surface area contributed by atoms with Gasteiger partial charge in [-0.2, -0.15) is 13.3 Å². The summed E-state index contributed by atoms with van der Waals surface area (Å²) < 4.78 is 0. The molecular weight excluding hydrogens is 84.1 g/mol. The van der Waals surface area contributed by atoms with Gasteiger partial charge in [0.05, 0.1) is 0 Å². The molecule has 0 radical (unpaired) electrons. The Morgan fingerprint density at radius 3 is 2.43 bits per heavy atom. The molecular formula is C7H14-2. The molecule has 0 rings (SSSR count). The quantitative estimate of drug-likeness (QED) is 0.374. The molecule has 0 atom stereocenters. The van der Waals surface area contributed by atoms with E-state index in [1.165, 1.54) is 19.3 Å². The van der Waals surface area contributed by atoms with Gasteiger partial charge in [0, 0.05) is 0 Å². The van der Waals surface area contributed by atoms with Crippen molar-refractivity contribution in [1.29, 1.82) is 0 Å². The minimum absolute atomic E-state index is 1.22. The van der Waals surface area contributed by atoms with Crippen molar-refractivity contribution in [3.63, 3.8) is 0 Å².